The molecule has 3 aromatic rings. The Morgan fingerprint density at radius 3 is 2.27 bits per heavy atom. The third kappa shape index (κ3) is 7.70. The van der Waals surface area contributed by atoms with Crippen LogP contribution in [-0.4, -0.2) is 61.5 Å². The van der Waals surface area contributed by atoms with Gasteiger partial charge in [-0.05, 0) is 16.7 Å². The fourth-order valence-electron chi connectivity index (χ4n) is 3.28. The van der Waals surface area contributed by atoms with Crippen LogP contribution < -0.4 is 5.73 Å². The van der Waals surface area contributed by atoms with Crippen molar-refractivity contribution < 1.29 is 22.2 Å². The van der Waals surface area contributed by atoms with Gasteiger partial charge in [-0.2, -0.15) is 13.4 Å². The smallest absolute Gasteiger partial charge is 0.261 e. The molecule has 2 aromatic carbocycles. The molecule has 0 bridgehead atoms. The van der Waals surface area contributed by atoms with Crippen molar-refractivity contribution in [3.05, 3.63) is 71.9 Å². The number of morpholine rings is 1. The highest BCUT2D eigenvalue weighted by atomic mass is 32.2. The highest BCUT2D eigenvalue weighted by Gasteiger charge is 2.16. The first kappa shape index (κ1) is 24.4. The molecule has 0 saturated carbocycles. The second-order valence-electron chi connectivity index (χ2n) is 7.60. The van der Waals surface area contributed by atoms with Gasteiger partial charge in [-0.3, -0.25) is 4.55 Å². The summed E-state index contributed by atoms with van der Waals surface area (Å²) in [7, 11) is -3.67. The zero-order valence-electron chi connectivity index (χ0n) is 18.6. The summed E-state index contributed by atoms with van der Waals surface area (Å²) in [6.45, 7) is 4.90. The van der Waals surface area contributed by atoms with Crippen molar-refractivity contribution in [3.63, 3.8) is 0 Å². The van der Waals surface area contributed by atoms with Gasteiger partial charge in [0, 0.05) is 25.1 Å². The summed E-state index contributed by atoms with van der Waals surface area (Å²) >= 11 is 0. The molecule has 1 aliphatic heterocycles. The maximum Gasteiger partial charge on any atom is 0.261 e. The molecular formula is C23H28N4O5S. The van der Waals surface area contributed by atoms with Gasteiger partial charge in [0.25, 0.3) is 16.0 Å². The minimum absolute atomic E-state index is 0.0992. The monoisotopic (exact) mass is 472 g/mol. The Morgan fingerprint density at radius 1 is 1.09 bits per heavy atom. The fraction of sp³-hybridized carbons (Fsp3) is 0.304. The predicted molar refractivity (Wildman–Crippen MR) is 127 cm³/mol. The lowest BCUT2D eigenvalue weighted by molar-refractivity contribution is 0.0675. The first-order chi connectivity index (χ1) is 15.7. The van der Waals surface area contributed by atoms with Crippen LogP contribution in [0.2, 0.25) is 0 Å². The first-order valence-electron chi connectivity index (χ1n) is 10.4. The van der Waals surface area contributed by atoms with E-state index in [1.165, 1.54) is 16.7 Å². The van der Waals surface area contributed by atoms with E-state index in [4.69, 9.17) is 19.5 Å². The van der Waals surface area contributed by atoms with Crippen LogP contribution in [0.5, 0.6) is 0 Å². The van der Waals surface area contributed by atoms with Crippen molar-refractivity contribution in [1.82, 2.24) is 10.1 Å². The largest absolute Gasteiger partial charge is 0.378 e. The molecule has 1 saturated heterocycles. The van der Waals surface area contributed by atoms with Gasteiger partial charge in [0.1, 0.15) is 0 Å². The molecule has 176 valence electrons. The van der Waals surface area contributed by atoms with Gasteiger partial charge in [-0.1, -0.05) is 66.7 Å². The molecule has 0 spiro atoms. The van der Waals surface area contributed by atoms with E-state index >= 15 is 0 Å². The Labute approximate surface area is 193 Å². The van der Waals surface area contributed by atoms with Crippen LogP contribution in [-0.2, 0) is 14.9 Å². The second kappa shape index (κ2) is 11.1. The maximum atomic E-state index is 9.19. The predicted octanol–water partition coefficient (Wildman–Crippen LogP) is 3.28. The number of rotatable bonds is 4. The van der Waals surface area contributed by atoms with Crippen molar-refractivity contribution in [2.45, 2.75) is 12.8 Å². The molecule has 1 aromatic heterocycles. The van der Waals surface area contributed by atoms with Crippen LogP contribution in [0.4, 0.5) is 5.88 Å². The summed E-state index contributed by atoms with van der Waals surface area (Å²) in [6.07, 6.45) is 0.715. The topological polar surface area (TPSA) is 131 Å². The van der Waals surface area contributed by atoms with Crippen molar-refractivity contribution in [1.29, 1.82) is 0 Å². The Bertz CT molecular complexity index is 1150. The molecule has 0 amide bonds. The van der Waals surface area contributed by atoms with Crippen LogP contribution >= 0.6 is 0 Å². The van der Waals surface area contributed by atoms with Gasteiger partial charge in [-0.25, -0.2) is 0 Å². The van der Waals surface area contributed by atoms with E-state index in [-0.39, 0.29) is 5.92 Å². The summed E-state index contributed by atoms with van der Waals surface area (Å²) in [4.78, 5) is 6.35. The number of guanidine groups is 1. The zero-order chi connectivity index (χ0) is 23.8. The Kier molecular flexibility index (Phi) is 8.21. The summed E-state index contributed by atoms with van der Waals surface area (Å²) in [5.41, 5.74) is 10.5. The number of aromatic nitrogens is 1. The molecule has 33 heavy (non-hydrogen) atoms. The molecule has 10 heteroatoms. The van der Waals surface area contributed by atoms with Gasteiger partial charge >= 0.3 is 0 Å². The number of nitrogens with two attached hydrogens (primary N) is 1. The standard InChI is InChI=1S/C22H24N4O2.CH4O3S/c1-16(17-7-9-19(10-8-17)18-5-3-2-4-6-18)20-15-21(28-25-20)24-22(23)26-11-13-27-14-12-26;1-5(2,3)4/h2-10,15-16H,11-14H2,1H3,(H2,23,24);1H3,(H,2,3,4). The molecule has 1 unspecified atom stereocenters. The second-order valence-corrected chi connectivity index (χ2v) is 9.07. The van der Waals surface area contributed by atoms with Crippen molar-refractivity contribution >= 4 is 22.0 Å². The van der Waals surface area contributed by atoms with Crippen LogP contribution in [0.25, 0.3) is 11.1 Å². The maximum absolute atomic E-state index is 9.19. The lowest BCUT2D eigenvalue weighted by Crippen LogP contribution is -2.44. The average Bonchev–Trinajstić information content (AvgIpc) is 3.27. The molecule has 1 aliphatic rings. The lowest BCUT2D eigenvalue weighted by atomic mass is 9.95. The highest BCUT2D eigenvalue weighted by molar-refractivity contribution is 7.85. The molecule has 2 heterocycles. The van der Waals surface area contributed by atoms with Crippen LogP contribution in [0.15, 0.2) is 70.2 Å². The number of nitrogens with zero attached hydrogens (tertiary/aromatic N) is 3. The van der Waals surface area contributed by atoms with Gasteiger partial charge in [0.05, 0.1) is 25.2 Å². The SMILES string of the molecule is CC(c1ccc(-c2ccccc2)cc1)c1cc(/N=C(/N)N2CCOCC2)on1.CS(=O)(=O)O. The number of aliphatic imine (C=N–C) groups is 1. The van der Waals surface area contributed by atoms with Crippen LogP contribution in [0, 0.1) is 0 Å². The Hall–Kier alpha value is -3.21. The molecule has 9 nitrogen and oxygen atoms in total. The fourth-order valence-corrected chi connectivity index (χ4v) is 3.28. The van der Waals surface area contributed by atoms with Gasteiger partial charge in [-0.15, -0.1) is 0 Å². The van der Waals surface area contributed by atoms with E-state index in [2.05, 4.69) is 53.5 Å². The van der Waals surface area contributed by atoms with Gasteiger partial charge in [0.2, 0.25) is 0 Å². The third-order valence-electron chi connectivity index (χ3n) is 5.04. The molecular weight excluding hydrogens is 444 g/mol. The van der Waals surface area contributed by atoms with Crippen LogP contribution in [0.3, 0.4) is 0 Å². The molecule has 3 N–H and O–H groups in total. The van der Waals surface area contributed by atoms with Gasteiger partial charge < -0.3 is 19.9 Å². The van der Waals surface area contributed by atoms with E-state index in [0.29, 0.717) is 31.3 Å². The number of benzene rings is 2. The Balaban J connectivity index is 0.000000555. The average molecular weight is 473 g/mol. The van der Waals surface area contributed by atoms with E-state index in [0.717, 1.165) is 18.8 Å². The van der Waals surface area contributed by atoms with Crippen molar-refractivity contribution in [3.8, 4) is 11.1 Å². The van der Waals surface area contributed by atoms with Crippen molar-refractivity contribution in [2.75, 3.05) is 32.6 Å². The minimum atomic E-state index is -3.67. The summed E-state index contributed by atoms with van der Waals surface area (Å²) in [5.74, 6) is 0.958. The molecule has 0 radical (unpaired) electrons. The van der Waals surface area contributed by atoms with E-state index in [1.54, 1.807) is 0 Å². The Morgan fingerprint density at radius 2 is 1.67 bits per heavy atom. The summed E-state index contributed by atoms with van der Waals surface area (Å²) < 4.78 is 36.6. The molecule has 1 atom stereocenters. The summed E-state index contributed by atoms with van der Waals surface area (Å²) in [5, 5.41) is 4.19. The summed E-state index contributed by atoms with van der Waals surface area (Å²) in [6, 6.07) is 20.7. The number of hydrogen-bond acceptors (Lipinski definition) is 6. The lowest BCUT2D eigenvalue weighted by Gasteiger charge is -2.27. The zero-order valence-corrected chi connectivity index (χ0v) is 19.4. The number of ether oxygens (including phenoxy) is 1. The molecule has 0 aliphatic carbocycles. The van der Waals surface area contributed by atoms with E-state index in [1.807, 2.05) is 29.2 Å². The van der Waals surface area contributed by atoms with E-state index in [9.17, 15) is 8.42 Å². The van der Waals surface area contributed by atoms with E-state index < -0.39 is 10.1 Å². The quantitative estimate of drug-likeness (QED) is 0.336. The first-order valence-corrected chi connectivity index (χ1v) is 12.3. The van der Waals surface area contributed by atoms with Crippen molar-refractivity contribution in [2.24, 2.45) is 10.7 Å². The van der Waals surface area contributed by atoms with Crippen LogP contribution in [0.1, 0.15) is 24.1 Å². The highest BCUT2D eigenvalue weighted by Crippen LogP contribution is 2.28. The van der Waals surface area contributed by atoms with Gasteiger partial charge in [0.15, 0.2) is 5.96 Å². The number of hydrogen-bond donors (Lipinski definition) is 2. The third-order valence-corrected chi connectivity index (χ3v) is 5.04. The minimum Gasteiger partial charge on any atom is -0.378 e. The molecule has 4 rings (SSSR count). The normalized spacial score (nSPS) is 15.5. The molecule has 1 fully saturated rings.